The first kappa shape index (κ1) is 17.0. The maximum atomic E-state index is 11.8. The zero-order chi connectivity index (χ0) is 18.3. The number of aromatic nitrogens is 1. The van der Waals surface area contributed by atoms with E-state index in [1.807, 2.05) is 36.4 Å². The van der Waals surface area contributed by atoms with E-state index in [2.05, 4.69) is 9.47 Å². The summed E-state index contributed by atoms with van der Waals surface area (Å²) in [7, 11) is 0. The molecule has 0 unspecified atom stereocenters. The van der Waals surface area contributed by atoms with Crippen LogP contribution in [0.1, 0.15) is 47.4 Å². The summed E-state index contributed by atoms with van der Waals surface area (Å²) in [6, 6.07) is 11.8. The molecule has 0 atom stereocenters. The highest BCUT2D eigenvalue weighted by Gasteiger charge is 2.16. The molecular weight excluding hydrogens is 324 g/mol. The van der Waals surface area contributed by atoms with E-state index in [4.69, 9.17) is 0 Å². The molecule has 1 saturated heterocycles. The standard InChI is InChI=1S/C22H24N2O2/c1-15(25)17-5-7-21-19(13-17)20-14-18(16(2)26)6-8-22(20)24(21)12-11-23-9-3-4-10-23/h5-8,13-14H,3-4,9-12H2,1-2H3. The van der Waals surface area contributed by atoms with Gasteiger partial charge in [0.25, 0.3) is 0 Å². The van der Waals surface area contributed by atoms with Gasteiger partial charge in [-0.25, -0.2) is 0 Å². The van der Waals surface area contributed by atoms with Gasteiger partial charge in [0.1, 0.15) is 0 Å². The molecule has 0 aliphatic carbocycles. The molecule has 2 heterocycles. The van der Waals surface area contributed by atoms with Gasteiger partial charge in [0, 0.05) is 46.0 Å². The third kappa shape index (κ3) is 2.95. The summed E-state index contributed by atoms with van der Waals surface area (Å²) in [6.07, 6.45) is 2.58. The summed E-state index contributed by atoms with van der Waals surface area (Å²) in [5.41, 5.74) is 3.68. The van der Waals surface area contributed by atoms with Crippen molar-refractivity contribution < 1.29 is 9.59 Å². The van der Waals surface area contributed by atoms with E-state index in [1.54, 1.807) is 13.8 Å². The first-order valence-electron chi connectivity index (χ1n) is 9.35. The number of nitrogens with zero attached hydrogens (tertiary/aromatic N) is 2. The number of rotatable bonds is 5. The van der Waals surface area contributed by atoms with Crippen LogP contribution < -0.4 is 0 Å². The van der Waals surface area contributed by atoms with E-state index in [1.165, 1.54) is 25.9 Å². The normalized spacial score (nSPS) is 15.2. The summed E-state index contributed by atoms with van der Waals surface area (Å²) in [5, 5.41) is 2.11. The van der Waals surface area contributed by atoms with Crippen molar-refractivity contribution in [2.75, 3.05) is 19.6 Å². The van der Waals surface area contributed by atoms with E-state index in [0.717, 1.165) is 34.9 Å². The van der Waals surface area contributed by atoms with Crippen LogP contribution in [0.5, 0.6) is 0 Å². The Morgan fingerprint density at radius 1 is 0.808 bits per heavy atom. The highest BCUT2D eigenvalue weighted by atomic mass is 16.1. The van der Waals surface area contributed by atoms with Crippen molar-refractivity contribution in [3.05, 3.63) is 47.5 Å². The third-order valence-electron chi connectivity index (χ3n) is 5.52. The highest BCUT2D eigenvalue weighted by molar-refractivity contribution is 6.12. The van der Waals surface area contributed by atoms with Crippen LogP contribution in [-0.4, -0.2) is 40.7 Å². The molecule has 26 heavy (non-hydrogen) atoms. The number of hydrogen-bond acceptors (Lipinski definition) is 3. The maximum absolute atomic E-state index is 11.8. The van der Waals surface area contributed by atoms with E-state index < -0.39 is 0 Å². The fourth-order valence-electron chi connectivity index (χ4n) is 4.03. The van der Waals surface area contributed by atoms with Crippen LogP contribution >= 0.6 is 0 Å². The van der Waals surface area contributed by atoms with E-state index in [0.29, 0.717) is 11.1 Å². The predicted octanol–water partition coefficient (Wildman–Crippen LogP) is 4.30. The van der Waals surface area contributed by atoms with Crippen LogP contribution in [0, 0.1) is 0 Å². The van der Waals surface area contributed by atoms with Crippen LogP contribution in [0.2, 0.25) is 0 Å². The lowest BCUT2D eigenvalue weighted by molar-refractivity contribution is 0.100. The minimum Gasteiger partial charge on any atom is -0.339 e. The Morgan fingerprint density at radius 2 is 1.31 bits per heavy atom. The van der Waals surface area contributed by atoms with Crippen molar-refractivity contribution in [2.45, 2.75) is 33.2 Å². The maximum Gasteiger partial charge on any atom is 0.159 e. The molecule has 4 heteroatoms. The Hall–Kier alpha value is -2.46. The molecule has 134 valence electrons. The number of fused-ring (bicyclic) bond motifs is 3. The van der Waals surface area contributed by atoms with Gasteiger partial charge in [-0.3, -0.25) is 9.59 Å². The van der Waals surface area contributed by atoms with Gasteiger partial charge >= 0.3 is 0 Å². The van der Waals surface area contributed by atoms with Crippen molar-refractivity contribution in [1.29, 1.82) is 0 Å². The summed E-state index contributed by atoms with van der Waals surface area (Å²) < 4.78 is 2.33. The second-order valence-corrected chi connectivity index (χ2v) is 7.28. The predicted molar refractivity (Wildman–Crippen MR) is 105 cm³/mol. The van der Waals surface area contributed by atoms with Gasteiger partial charge < -0.3 is 9.47 Å². The number of likely N-dealkylation sites (tertiary alicyclic amines) is 1. The molecule has 1 aliphatic rings. The van der Waals surface area contributed by atoms with E-state index in [9.17, 15) is 9.59 Å². The largest absolute Gasteiger partial charge is 0.339 e. The number of carbonyl (C=O) groups is 2. The fraction of sp³-hybridized carbons (Fsp3) is 0.364. The van der Waals surface area contributed by atoms with Crippen molar-refractivity contribution in [1.82, 2.24) is 9.47 Å². The monoisotopic (exact) mass is 348 g/mol. The molecule has 1 aliphatic heterocycles. The van der Waals surface area contributed by atoms with Crippen LogP contribution in [0.25, 0.3) is 21.8 Å². The Labute approximate surface area is 153 Å². The van der Waals surface area contributed by atoms with Crippen LogP contribution in [0.3, 0.4) is 0 Å². The molecule has 0 saturated carbocycles. The summed E-state index contributed by atoms with van der Waals surface area (Å²) in [5.74, 6) is 0.125. The first-order chi connectivity index (χ1) is 12.5. The Balaban J connectivity index is 1.87. The number of hydrogen-bond donors (Lipinski definition) is 0. The van der Waals surface area contributed by atoms with Crippen LogP contribution in [-0.2, 0) is 6.54 Å². The summed E-state index contributed by atoms with van der Waals surface area (Å²) in [6.45, 7) is 7.49. The Morgan fingerprint density at radius 3 is 1.77 bits per heavy atom. The minimum absolute atomic E-state index is 0.0626. The average Bonchev–Trinajstić information content (AvgIpc) is 3.25. The van der Waals surface area contributed by atoms with Crippen LogP contribution in [0.15, 0.2) is 36.4 Å². The second kappa shape index (κ2) is 6.69. The molecular formula is C22H24N2O2. The van der Waals surface area contributed by atoms with Gasteiger partial charge in [0.05, 0.1) is 0 Å². The molecule has 0 N–H and O–H groups in total. The number of ketones is 2. The summed E-state index contributed by atoms with van der Waals surface area (Å²) in [4.78, 5) is 26.2. The average molecular weight is 348 g/mol. The molecule has 2 aromatic carbocycles. The zero-order valence-electron chi connectivity index (χ0n) is 15.4. The van der Waals surface area contributed by atoms with E-state index >= 15 is 0 Å². The number of carbonyl (C=O) groups excluding carboxylic acids is 2. The van der Waals surface area contributed by atoms with Gasteiger partial charge in [0.2, 0.25) is 0 Å². The molecule has 0 amide bonds. The Kier molecular flexibility index (Phi) is 4.37. The molecule has 1 fully saturated rings. The SMILES string of the molecule is CC(=O)c1ccc2c(c1)c1cc(C(C)=O)ccc1n2CCN1CCCC1. The smallest absolute Gasteiger partial charge is 0.159 e. The lowest BCUT2D eigenvalue weighted by atomic mass is 10.0. The van der Waals surface area contributed by atoms with Gasteiger partial charge in [0.15, 0.2) is 11.6 Å². The van der Waals surface area contributed by atoms with Crippen LogP contribution in [0.4, 0.5) is 0 Å². The van der Waals surface area contributed by atoms with Crippen molar-refractivity contribution >= 4 is 33.4 Å². The number of Topliss-reactive ketones (excluding diaryl/α,β-unsaturated/α-hetero) is 2. The van der Waals surface area contributed by atoms with E-state index in [-0.39, 0.29) is 11.6 Å². The quantitative estimate of drug-likeness (QED) is 0.646. The van der Waals surface area contributed by atoms with Crippen molar-refractivity contribution in [2.24, 2.45) is 0 Å². The Bertz CT molecular complexity index is 939. The van der Waals surface area contributed by atoms with Crippen molar-refractivity contribution in [3.8, 4) is 0 Å². The molecule has 1 aromatic heterocycles. The fourth-order valence-corrected chi connectivity index (χ4v) is 4.03. The molecule has 0 radical (unpaired) electrons. The topological polar surface area (TPSA) is 42.3 Å². The third-order valence-corrected chi connectivity index (χ3v) is 5.52. The number of benzene rings is 2. The molecule has 0 spiro atoms. The molecule has 0 bridgehead atoms. The molecule has 4 rings (SSSR count). The lowest BCUT2D eigenvalue weighted by Crippen LogP contribution is -2.24. The zero-order valence-corrected chi connectivity index (χ0v) is 15.4. The van der Waals surface area contributed by atoms with Gasteiger partial charge in [-0.15, -0.1) is 0 Å². The minimum atomic E-state index is 0.0626. The highest BCUT2D eigenvalue weighted by Crippen LogP contribution is 2.31. The first-order valence-corrected chi connectivity index (χ1v) is 9.35. The molecule has 4 nitrogen and oxygen atoms in total. The summed E-state index contributed by atoms with van der Waals surface area (Å²) >= 11 is 0. The second-order valence-electron chi connectivity index (χ2n) is 7.28. The lowest BCUT2D eigenvalue weighted by Gasteiger charge is -2.16. The van der Waals surface area contributed by atoms with Gasteiger partial charge in [-0.05, 0) is 76.2 Å². The van der Waals surface area contributed by atoms with Crippen molar-refractivity contribution in [3.63, 3.8) is 0 Å². The van der Waals surface area contributed by atoms with Gasteiger partial charge in [-0.2, -0.15) is 0 Å². The molecule has 3 aromatic rings. The van der Waals surface area contributed by atoms with Gasteiger partial charge in [-0.1, -0.05) is 0 Å².